The number of benzene rings is 2. The van der Waals surface area contributed by atoms with Crippen LogP contribution in [0.1, 0.15) is 16.1 Å². The average molecular weight is 433 g/mol. The Balaban J connectivity index is 1.73. The molecule has 2 amide bonds. The fourth-order valence-corrected chi connectivity index (χ4v) is 3.39. The summed E-state index contributed by atoms with van der Waals surface area (Å²) in [5, 5.41) is 6.42. The van der Waals surface area contributed by atoms with Gasteiger partial charge in [-0.05, 0) is 55.1 Å². The third-order valence-corrected chi connectivity index (χ3v) is 5.24. The maximum absolute atomic E-state index is 13.2. The molecule has 0 radical (unpaired) electrons. The number of anilines is 1. The Kier molecular flexibility index (Phi) is 6.56. The van der Waals surface area contributed by atoms with Crippen molar-refractivity contribution in [3.63, 3.8) is 0 Å². The molecule has 1 heterocycles. The number of hydrogen-bond acceptors (Lipinski definition) is 4. The fraction of sp³-hybridized carbons (Fsp3) is 0.150. The van der Waals surface area contributed by atoms with Gasteiger partial charge in [0.15, 0.2) is 5.16 Å². The lowest BCUT2D eigenvalue weighted by Crippen LogP contribution is -2.34. The lowest BCUT2D eigenvalue weighted by Gasteiger charge is -2.12. The van der Waals surface area contributed by atoms with Crippen molar-refractivity contribution < 1.29 is 14.0 Å². The van der Waals surface area contributed by atoms with E-state index in [1.54, 1.807) is 41.8 Å². The fourth-order valence-electron chi connectivity index (χ4n) is 2.67. The first-order valence-electron chi connectivity index (χ1n) is 8.61. The van der Waals surface area contributed by atoms with Gasteiger partial charge in [-0.3, -0.25) is 14.2 Å². The summed E-state index contributed by atoms with van der Waals surface area (Å²) in [6.45, 7) is 1.57. The summed E-state index contributed by atoms with van der Waals surface area (Å²) >= 11 is 7.40. The predicted molar refractivity (Wildman–Crippen MR) is 112 cm³/mol. The second kappa shape index (κ2) is 9.11. The molecular formula is C20H18ClFN4O2S. The normalized spacial score (nSPS) is 10.6. The van der Waals surface area contributed by atoms with Gasteiger partial charge in [-0.15, -0.1) is 0 Å². The van der Waals surface area contributed by atoms with Crippen LogP contribution in [0.3, 0.4) is 0 Å². The van der Waals surface area contributed by atoms with Gasteiger partial charge in [-0.2, -0.15) is 0 Å². The van der Waals surface area contributed by atoms with Crippen molar-refractivity contribution in [2.75, 3.05) is 18.1 Å². The number of rotatable bonds is 6. The summed E-state index contributed by atoms with van der Waals surface area (Å²) in [6, 6.07) is 10.9. The topological polar surface area (TPSA) is 76.0 Å². The van der Waals surface area contributed by atoms with Gasteiger partial charge in [0.05, 0.1) is 12.7 Å². The van der Waals surface area contributed by atoms with Crippen LogP contribution in [0.25, 0.3) is 5.69 Å². The third kappa shape index (κ3) is 4.78. The number of amides is 2. The number of imidazole rings is 1. The van der Waals surface area contributed by atoms with Gasteiger partial charge in [0.2, 0.25) is 5.91 Å². The SMILES string of the molecule is CSc1ncc(C(=O)NCC(=O)Nc2cccc(Cl)c2C)n1-c1ccc(F)cc1. The second-order valence-electron chi connectivity index (χ2n) is 6.09. The van der Waals surface area contributed by atoms with Crippen LogP contribution in [0.4, 0.5) is 10.1 Å². The number of hydrogen-bond donors (Lipinski definition) is 2. The van der Waals surface area contributed by atoms with Gasteiger partial charge < -0.3 is 10.6 Å². The summed E-state index contributed by atoms with van der Waals surface area (Å²) in [4.78, 5) is 29.1. The summed E-state index contributed by atoms with van der Waals surface area (Å²) in [6.07, 6.45) is 3.24. The number of halogens is 2. The molecule has 6 nitrogen and oxygen atoms in total. The Hall–Kier alpha value is -2.84. The first kappa shape index (κ1) is 20.9. The molecule has 0 saturated carbocycles. The van der Waals surface area contributed by atoms with Crippen LogP contribution < -0.4 is 10.6 Å². The molecule has 3 aromatic rings. The van der Waals surface area contributed by atoms with E-state index in [1.807, 2.05) is 6.26 Å². The maximum Gasteiger partial charge on any atom is 0.270 e. The number of carbonyl (C=O) groups is 2. The molecular weight excluding hydrogens is 415 g/mol. The molecule has 0 aliphatic carbocycles. The van der Waals surface area contributed by atoms with Crippen molar-refractivity contribution in [2.24, 2.45) is 0 Å². The van der Waals surface area contributed by atoms with E-state index in [-0.39, 0.29) is 24.0 Å². The maximum atomic E-state index is 13.2. The zero-order chi connectivity index (χ0) is 21.0. The van der Waals surface area contributed by atoms with E-state index in [4.69, 9.17) is 11.6 Å². The molecule has 0 spiro atoms. The summed E-state index contributed by atoms with van der Waals surface area (Å²) in [5.74, 6) is -1.24. The Morgan fingerprint density at radius 2 is 1.93 bits per heavy atom. The predicted octanol–water partition coefficient (Wildman–Crippen LogP) is 4.06. The first-order chi connectivity index (χ1) is 13.9. The van der Waals surface area contributed by atoms with Gasteiger partial charge in [0.1, 0.15) is 11.5 Å². The average Bonchev–Trinajstić information content (AvgIpc) is 3.14. The molecule has 0 unspecified atom stereocenters. The zero-order valence-corrected chi connectivity index (χ0v) is 17.3. The van der Waals surface area contributed by atoms with Crippen molar-refractivity contribution in [3.05, 3.63) is 70.8 Å². The van der Waals surface area contributed by atoms with Crippen LogP contribution in [-0.2, 0) is 4.79 Å². The molecule has 2 N–H and O–H groups in total. The van der Waals surface area contributed by atoms with Crippen LogP contribution in [0, 0.1) is 12.7 Å². The Labute approximate surface area is 176 Å². The number of aromatic nitrogens is 2. The Bertz CT molecular complexity index is 1050. The Morgan fingerprint density at radius 1 is 1.21 bits per heavy atom. The van der Waals surface area contributed by atoms with Crippen molar-refractivity contribution >= 4 is 40.9 Å². The minimum Gasteiger partial charge on any atom is -0.342 e. The van der Waals surface area contributed by atoms with E-state index in [0.717, 1.165) is 5.56 Å². The van der Waals surface area contributed by atoms with Crippen molar-refractivity contribution in [1.29, 1.82) is 0 Å². The highest BCUT2D eigenvalue weighted by molar-refractivity contribution is 7.98. The summed E-state index contributed by atoms with van der Waals surface area (Å²) < 4.78 is 14.9. The Morgan fingerprint density at radius 3 is 2.62 bits per heavy atom. The number of carbonyl (C=O) groups excluding carboxylic acids is 2. The molecule has 29 heavy (non-hydrogen) atoms. The molecule has 0 bridgehead atoms. The van der Waals surface area contributed by atoms with Crippen molar-refractivity contribution in [2.45, 2.75) is 12.1 Å². The minimum atomic E-state index is -0.472. The van der Waals surface area contributed by atoms with Crippen LogP contribution in [-0.4, -0.2) is 34.2 Å². The van der Waals surface area contributed by atoms with Gasteiger partial charge in [-0.25, -0.2) is 9.37 Å². The van der Waals surface area contributed by atoms with Gasteiger partial charge >= 0.3 is 0 Å². The standard InChI is InChI=1S/C20H18ClFN4O2S/c1-12-15(21)4-3-5-16(12)25-18(27)11-23-19(28)17-10-24-20(29-2)26(17)14-8-6-13(22)7-9-14/h3-10H,11H2,1-2H3,(H,23,28)(H,25,27). The van der Waals surface area contributed by atoms with E-state index in [0.29, 0.717) is 21.6 Å². The van der Waals surface area contributed by atoms with Crippen LogP contribution in [0.15, 0.2) is 53.8 Å². The monoisotopic (exact) mass is 432 g/mol. The molecule has 9 heteroatoms. The van der Waals surface area contributed by atoms with Gasteiger partial charge in [0, 0.05) is 16.4 Å². The van der Waals surface area contributed by atoms with Crippen molar-refractivity contribution in [1.82, 2.24) is 14.9 Å². The highest BCUT2D eigenvalue weighted by atomic mass is 35.5. The number of nitrogens with one attached hydrogen (secondary N) is 2. The number of nitrogens with zero attached hydrogens (tertiary/aromatic N) is 2. The van der Waals surface area contributed by atoms with E-state index < -0.39 is 5.91 Å². The molecule has 1 aromatic heterocycles. The quantitative estimate of drug-likeness (QED) is 0.576. The molecule has 0 fully saturated rings. The smallest absolute Gasteiger partial charge is 0.270 e. The summed E-state index contributed by atoms with van der Waals surface area (Å²) in [7, 11) is 0. The molecule has 0 atom stereocenters. The molecule has 0 aliphatic heterocycles. The second-order valence-corrected chi connectivity index (χ2v) is 7.27. The molecule has 3 rings (SSSR count). The van der Waals surface area contributed by atoms with Gasteiger partial charge in [-0.1, -0.05) is 29.4 Å². The molecule has 0 saturated heterocycles. The van der Waals surface area contributed by atoms with Gasteiger partial charge in [0.25, 0.3) is 5.91 Å². The van der Waals surface area contributed by atoms with Crippen molar-refractivity contribution in [3.8, 4) is 5.69 Å². The highest BCUT2D eigenvalue weighted by Crippen LogP contribution is 2.23. The molecule has 0 aliphatic rings. The first-order valence-corrected chi connectivity index (χ1v) is 10.2. The summed E-state index contributed by atoms with van der Waals surface area (Å²) in [5.41, 5.74) is 2.16. The number of thioether (sulfide) groups is 1. The third-order valence-electron chi connectivity index (χ3n) is 4.18. The van der Waals surface area contributed by atoms with Crippen LogP contribution >= 0.6 is 23.4 Å². The lowest BCUT2D eigenvalue weighted by atomic mass is 10.2. The lowest BCUT2D eigenvalue weighted by molar-refractivity contribution is -0.115. The molecule has 150 valence electrons. The highest BCUT2D eigenvalue weighted by Gasteiger charge is 2.18. The minimum absolute atomic E-state index is 0.228. The largest absolute Gasteiger partial charge is 0.342 e. The zero-order valence-electron chi connectivity index (χ0n) is 15.7. The van der Waals surface area contributed by atoms with E-state index in [1.165, 1.54) is 30.1 Å². The van der Waals surface area contributed by atoms with E-state index in [2.05, 4.69) is 15.6 Å². The van der Waals surface area contributed by atoms with Crippen LogP contribution in [0.5, 0.6) is 0 Å². The van der Waals surface area contributed by atoms with E-state index >= 15 is 0 Å². The van der Waals surface area contributed by atoms with Crippen LogP contribution in [0.2, 0.25) is 5.02 Å². The molecule has 2 aromatic carbocycles. The van der Waals surface area contributed by atoms with E-state index in [9.17, 15) is 14.0 Å².